The van der Waals surface area contributed by atoms with E-state index in [1.165, 1.54) is 12.2 Å². The molecule has 13 heavy (non-hydrogen) atoms. The highest BCUT2D eigenvalue weighted by atomic mass is 79.9. The molecule has 1 rings (SSSR count). The van der Waals surface area contributed by atoms with Crippen molar-refractivity contribution in [1.29, 1.82) is 0 Å². The second kappa shape index (κ2) is 4.32. The van der Waals surface area contributed by atoms with Crippen molar-refractivity contribution >= 4 is 21.7 Å². The summed E-state index contributed by atoms with van der Waals surface area (Å²) in [6.45, 7) is 0. The molecular formula is C8H8BrNO3. The second-order valence-electron chi connectivity index (χ2n) is 2.69. The summed E-state index contributed by atoms with van der Waals surface area (Å²) in [6.07, 6.45) is 5.05. The molecule has 0 bridgehead atoms. The number of rotatable bonds is 3. The molecular weight excluding hydrogens is 238 g/mol. The predicted octanol–water partition coefficient (Wildman–Crippen LogP) is 1.69. The van der Waals surface area contributed by atoms with Crippen LogP contribution in [0, 0.1) is 16.0 Å². The van der Waals surface area contributed by atoms with Crippen LogP contribution >= 0.6 is 15.9 Å². The van der Waals surface area contributed by atoms with E-state index in [1.54, 1.807) is 6.08 Å². The van der Waals surface area contributed by atoms with Crippen LogP contribution in [0.3, 0.4) is 0 Å². The van der Waals surface area contributed by atoms with E-state index in [-0.39, 0.29) is 22.7 Å². The lowest BCUT2D eigenvalue weighted by Crippen LogP contribution is -2.16. The Morgan fingerprint density at radius 1 is 1.77 bits per heavy atom. The molecule has 4 nitrogen and oxygen atoms in total. The van der Waals surface area contributed by atoms with E-state index in [2.05, 4.69) is 15.9 Å². The molecule has 0 fully saturated rings. The Balaban J connectivity index is 2.78. The van der Waals surface area contributed by atoms with Crippen LogP contribution in [0.1, 0.15) is 6.42 Å². The minimum absolute atomic E-state index is 0.00514. The van der Waals surface area contributed by atoms with Gasteiger partial charge in [0.2, 0.25) is 0 Å². The first kappa shape index (κ1) is 10.1. The Kier molecular flexibility index (Phi) is 3.36. The molecule has 0 spiro atoms. The normalized spacial score (nSPS) is 21.0. The highest BCUT2D eigenvalue weighted by Crippen LogP contribution is 2.18. The molecule has 0 amide bonds. The first-order chi connectivity index (χ1) is 6.15. The van der Waals surface area contributed by atoms with E-state index in [9.17, 15) is 14.9 Å². The summed E-state index contributed by atoms with van der Waals surface area (Å²) in [5.74, 6) is -0.367. The van der Waals surface area contributed by atoms with Crippen LogP contribution in [0.5, 0.6) is 0 Å². The van der Waals surface area contributed by atoms with Gasteiger partial charge in [0.25, 0.3) is 5.70 Å². The van der Waals surface area contributed by atoms with E-state index in [0.29, 0.717) is 6.42 Å². The smallest absolute Gasteiger partial charge is 0.265 e. The minimum atomic E-state index is -0.482. The van der Waals surface area contributed by atoms with Gasteiger partial charge in [0.05, 0.1) is 10.3 Å². The molecule has 0 aliphatic heterocycles. The van der Waals surface area contributed by atoms with Gasteiger partial charge in [0.15, 0.2) is 5.78 Å². The van der Waals surface area contributed by atoms with E-state index >= 15 is 0 Å². The summed E-state index contributed by atoms with van der Waals surface area (Å²) >= 11 is 3.03. The Morgan fingerprint density at radius 3 is 3.00 bits per heavy atom. The third-order valence-corrected chi connectivity index (χ3v) is 2.36. The van der Waals surface area contributed by atoms with Gasteiger partial charge in [-0.15, -0.1) is 0 Å². The number of hydrogen-bond acceptors (Lipinski definition) is 3. The summed E-state index contributed by atoms with van der Waals surface area (Å²) in [6, 6.07) is 0. The maximum Gasteiger partial charge on any atom is 0.265 e. The molecule has 0 heterocycles. The van der Waals surface area contributed by atoms with Crippen molar-refractivity contribution in [3.05, 3.63) is 34.0 Å². The number of allylic oxidation sites excluding steroid dienone is 3. The van der Waals surface area contributed by atoms with Crippen LogP contribution in [-0.4, -0.2) is 16.0 Å². The number of halogens is 1. The van der Waals surface area contributed by atoms with Crippen LogP contribution in [0.25, 0.3) is 0 Å². The molecule has 1 atom stereocenters. The first-order valence-corrected chi connectivity index (χ1v) is 4.88. The summed E-state index contributed by atoms with van der Waals surface area (Å²) in [7, 11) is 0. The number of hydrogen-bond donors (Lipinski definition) is 0. The van der Waals surface area contributed by atoms with Crippen LogP contribution < -0.4 is 0 Å². The molecule has 70 valence electrons. The fourth-order valence-corrected chi connectivity index (χ4v) is 1.53. The van der Waals surface area contributed by atoms with E-state index < -0.39 is 4.92 Å². The summed E-state index contributed by atoms with van der Waals surface area (Å²) in [5, 5.41) is 10.6. The molecule has 1 unspecified atom stereocenters. The number of nitro groups is 1. The van der Waals surface area contributed by atoms with Gasteiger partial charge in [-0.25, -0.2) is 0 Å². The third kappa shape index (κ3) is 2.48. The largest absolute Gasteiger partial charge is 0.298 e. The van der Waals surface area contributed by atoms with E-state index in [4.69, 9.17) is 0 Å². The lowest BCUT2D eigenvalue weighted by atomic mass is 9.96. The monoisotopic (exact) mass is 245 g/mol. The first-order valence-electron chi connectivity index (χ1n) is 3.76. The summed E-state index contributed by atoms with van der Waals surface area (Å²) in [5.41, 5.74) is 0.00514. The van der Waals surface area contributed by atoms with Gasteiger partial charge in [-0.05, 0) is 6.42 Å². The number of carbonyl (C=O) groups is 1. The zero-order valence-electron chi connectivity index (χ0n) is 6.77. The molecule has 0 N–H and O–H groups in total. The van der Waals surface area contributed by atoms with Crippen molar-refractivity contribution in [2.24, 2.45) is 5.92 Å². The topological polar surface area (TPSA) is 60.2 Å². The van der Waals surface area contributed by atoms with Crippen molar-refractivity contribution in [1.82, 2.24) is 0 Å². The van der Waals surface area contributed by atoms with Crippen LogP contribution in [0.4, 0.5) is 0 Å². The van der Waals surface area contributed by atoms with Crippen LogP contribution in [0.2, 0.25) is 0 Å². The van der Waals surface area contributed by atoms with E-state index in [0.717, 1.165) is 0 Å². The quantitative estimate of drug-likeness (QED) is 0.432. The average Bonchev–Trinajstić information content (AvgIpc) is 2.17. The van der Waals surface area contributed by atoms with Crippen molar-refractivity contribution in [2.45, 2.75) is 6.42 Å². The van der Waals surface area contributed by atoms with Gasteiger partial charge in [0, 0.05) is 18.1 Å². The van der Waals surface area contributed by atoms with Gasteiger partial charge in [0.1, 0.15) is 0 Å². The number of ketones is 1. The lowest BCUT2D eigenvalue weighted by Gasteiger charge is -2.09. The Labute approximate surface area is 83.6 Å². The van der Waals surface area contributed by atoms with Gasteiger partial charge >= 0.3 is 0 Å². The zero-order valence-corrected chi connectivity index (χ0v) is 8.36. The van der Waals surface area contributed by atoms with Gasteiger partial charge < -0.3 is 0 Å². The molecule has 0 aromatic rings. The Morgan fingerprint density at radius 2 is 2.46 bits per heavy atom. The molecule has 1 aliphatic rings. The average molecular weight is 246 g/mol. The third-order valence-electron chi connectivity index (χ3n) is 1.81. The maximum atomic E-state index is 11.2. The Bertz CT molecular complexity index is 296. The van der Waals surface area contributed by atoms with Crippen molar-refractivity contribution in [2.75, 3.05) is 5.33 Å². The minimum Gasteiger partial charge on any atom is -0.298 e. The van der Waals surface area contributed by atoms with Gasteiger partial charge in [-0.3, -0.25) is 14.9 Å². The molecule has 0 aromatic carbocycles. The second-order valence-corrected chi connectivity index (χ2v) is 3.25. The van der Waals surface area contributed by atoms with Crippen LogP contribution in [0.15, 0.2) is 23.9 Å². The van der Waals surface area contributed by atoms with Crippen molar-refractivity contribution < 1.29 is 9.72 Å². The van der Waals surface area contributed by atoms with E-state index in [1.807, 2.05) is 0 Å². The molecule has 5 heteroatoms. The van der Waals surface area contributed by atoms with Crippen LogP contribution in [-0.2, 0) is 4.79 Å². The predicted molar refractivity (Wildman–Crippen MR) is 51.1 cm³/mol. The summed E-state index contributed by atoms with van der Waals surface area (Å²) < 4.78 is 0. The lowest BCUT2D eigenvalue weighted by molar-refractivity contribution is -0.419. The highest BCUT2D eigenvalue weighted by molar-refractivity contribution is 9.09. The molecule has 0 aromatic heterocycles. The number of carbonyl (C=O) groups excluding carboxylic acids is 1. The van der Waals surface area contributed by atoms with Gasteiger partial charge in [-0.1, -0.05) is 22.0 Å². The molecule has 0 saturated carbocycles. The number of Topliss-reactive ketones (excluding diaryl/α,β-unsaturated/α-hetero) is 1. The molecule has 0 radical (unpaired) electrons. The number of alkyl halides is 1. The fourth-order valence-electron chi connectivity index (χ4n) is 1.11. The molecule has 0 saturated heterocycles. The Hall–Kier alpha value is -0.970. The zero-order chi connectivity index (χ0) is 9.84. The fraction of sp³-hybridized carbons (Fsp3) is 0.375. The highest BCUT2D eigenvalue weighted by Gasteiger charge is 2.21. The van der Waals surface area contributed by atoms with Gasteiger partial charge in [-0.2, -0.15) is 0 Å². The van der Waals surface area contributed by atoms with Crippen molar-refractivity contribution in [3.8, 4) is 0 Å². The SMILES string of the molecule is O=C(CBr)C1C=C([N+](=O)[O-])C=CC1. The standard InChI is InChI=1S/C8H8BrNO3/c9-5-8(11)6-2-1-3-7(4-6)10(12)13/h1,3-4,6H,2,5H2. The number of nitrogens with zero attached hydrogens (tertiary/aromatic N) is 1. The maximum absolute atomic E-state index is 11.2. The molecule has 1 aliphatic carbocycles. The van der Waals surface area contributed by atoms with Crippen molar-refractivity contribution in [3.63, 3.8) is 0 Å². The summed E-state index contributed by atoms with van der Waals surface area (Å²) in [4.78, 5) is 21.1.